The minimum absolute atomic E-state index is 0.0754. The van der Waals surface area contributed by atoms with Crippen LogP contribution in [0.2, 0.25) is 0 Å². The molecule has 0 saturated carbocycles. The van der Waals surface area contributed by atoms with Crippen LogP contribution >= 0.6 is 7.60 Å². The lowest BCUT2D eigenvalue weighted by Gasteiger charge is -2.11. The van der Waals surface area contributed by atoms with E-state index in [1.807, 2.05) is 6.92 Å². The van der Waals surface area contributed by atoms with Crippen molar-refractivity contribution in [2.45, 2.75) is 25.1 Å². The molecule has 1 heterocycles. The van der Waals surface area contributed by atoms with Crippen molar-refractivity contribution < 1.29 is 13.6 Å². The number of hydrogen-bond donors (Lipinski definition) is 0. The Morgan fingerprint density at radius 2 is 2.45 bits per heavy atom. The predicted molar refractivity (Wildman–Crippen MR) is 42.4 cm³/mol. The van der Waals surface area contributed by atoms with Gasteiger partial charge in [0.25, 0.3) is 0 Å². The van der Waals surface area contributed by atoms with E-state index >= 15 is 0 Å². The van der Waals surface area contributed by atoms with Gasteiger partial charge in [0.05, 0.1) is 5.66 Å². The lowest BCUT2D eigenvalue weighted by atomic mass is 10.2. The summed E-state index contributed by atoms with van der Waals surface area (Å²) in [7, 11) is -1.47. The van der Waals surface area contributed by atoms with Crippen molar-refractivity contribution in [2.24, 2.45) is 0 Å². The maximum atomic E-state index is 11.5. The molecular weight excluding hydrogens is 163 g/mol. The second kappa shape index (κ2) is 2.98. The van der Waals surface area contributed by atoms with Gasteiger partial charge < -0.3 is 4.52 Å². The summed E-state index contributed by atoms with van der Waals surface area (Å²) in [4.78, 5) is 0. The van der Waals surface area contributed by atoms with Gasteiger partial charge >= 0.3 is 7.60 Å². The van der Waals surface area contributed by atoms with Crippen molar-refractivity contribution >= 4 is 7.60 Å². The smallest absolute Gasteiger partial charge is 0.312 e. The third kappa shape index (κ3) is 1.49. The molecule has 3 nitrogen and oxygen atoms in total. The Bertz CT molecular complexity index is 230. The molecule has 11 heavy (non-hydrogen) atoms. The standard InChI is InChI=1S/C7H11O3P/c1-4-7-5-6(2)11(8,9-3)10-7/h1,6-7H,5H2,2-3H3. The van der Waals surface area contributed by atoms with E-state index < -0.39 is 7.60 Å². The highest BCUT2D eigenvalue weighted by Crippen LogP contribution is 2.59. The monoisotopic (exact) mass is 174 g/mol. The molecule has 0 aromatic carbocycles. The van der Waals surface area contributed by atoms with Gasteiger partial charge in [0, 0.05) is 7.11 Å². The maximum Gasteiger partial charge on any atom is 0.334 e. The third-order valence-electron chi connectivity index (χ3n) is 1.81. The molecule has 0 aliphatic carbocycles. The van der Waals surface area contributed by atoms with Crippen molar-refractivity contribution in [3.8, 4) is 12.3 Å². The van der Waals surface area contributed by atoms with Gasteiger partial charge in [-0.3, -0.25) is 9.09 Å². The van der Waals surface area contributed by atoms with Crippen molar-refractivity contribution in [2.75, 3.05) is 7.11 Å². The van der Waals surface area contributed by atoms with Crippen LogP contribution in [0.4, 0.5) is 0 Å². The van der Waals surface area contributed by atoms with Gasteiger partial charge in [-0.2, -0.15) is 0 Å². The van der Waals surface area contributed by atoms with E-state index in [1.165, 1.54) is 7.11 Å². The van der Waals surface area contributed by atoms with Gasteiger partial charge in [0.15, 0.2) is 0 Å². The van der Waals surface area contributed by atoms with Crippen LogP contribution in [0.25, 0.3) is 0 Å². The lowest BCUT2D eigenvalue weighted by molar-refractivity contribution is 0.231. The molecule has 1 fully saturated rings. The molecule has 4 heteroatoms. The Balaban J connectivity index is 2.75. The van der Waals surface area contributed by atoms with E-state index in [-0.39, 0.29) is 11.8 Å². The number of rotatable bonds is 1. The second-order valence-electron chi connectivity index (χ2n) is 2.57. The van der Waals surface area contributed by atoms with Gasteiger partial charge in [0.1, 0.15) is 6.10 Å². The normalized spacial score (nSPS) is 43.7. The summed E-state index contributed by atoms with van der Waals surface area (Å²) in [6.07, 6.45) is 5.41. The molecule has 3 atom stereocenters. The summed E-state index contributed by atoms with van der Waals surface area (Å²) in [5.41, 5.74) is -0.0754. The zero-order valence-corrected chi connectivity index (χ0v) is 7.51. The van der Waals surface area contributed by atoms with Gasteiger partial charge in [-0.15, -0.1) is 6.42 Å². The van der Waals surface area contributed by atoms with Crippen LogP contribution in [0, 0.1) is 12.3 Å². The average Bonchev–Trinajstić information content (AvgIpc) is 2.29. The molecule has 1 saturated heterocycles. The maximum absolute atomic E-state index is 11.5. The quantitative estimate of drug-likeness (QED) is 0.447. The van der Waals surface area contributed by atoms with Crippen molar-refractivity contribution in [3.05, 3.63) is 0 Å². The van der Waals surface area contributed by atoms with Crippen LogP contribution in [0.3, 0.4) is 0 Å². The Kier molecular flexibility index (Phi) is 2.39. The fourth-order valence-corrected chi connectivity index (χ4v) is 2.69. The molecule has 1 rings (SSSR count). The van der Waals surface area contributed by atoms with Crippen LogP contribution in [0.1, 0.15) is 13.3 Å². The fraction of sp³-hybridized carbons (Fsp3) is 0.714. The van der Waals surface area contributed by atoms with E-state index in [9.17, 15) is 4.57 Å². The lowest BCUT2D eigenvalue weighted by Crippen LogP contribution is -2.00. The molecule has 0 aromatic rings. The first-order valence-corrected chi connectivity index (χ1v) is 5.03. The topological polar surface area (TPSA) is 35.5 Å². The molecular formula is C7H11O3P. The van der Waals surface area contributed by atoms with Crippen LogP contribution in [-0.2, 0) is 13.6 Å². The number of terminal acetylenes is 1. The van der Waals surface area contributed by atoms with E-state index in [0.29, 0.717) is 6.42 Å². The summed E-state index contributed by atoms with van der Waals surface area (Å²) >= 11 is 0. The molecule has 1 aliphatic rings. The molecule has 0 bridgehead atoms. The van der Waals surface area contributed by atoms with Crippen molar-refractivity contribution in [1.82, 2.24) is 0 Å². The largest absolute Gasteiger partial charge is 0.334 e. The Morgan fingerprint density at radius 1 is 1.82 bits per heavy atom. The molecule has 0 amide bonds. The Labute approximate surface area is 66.6 Å². The molecule has 1 aliphatic heterocycles. The first-order chi connectivity index (χ1) is 5.12. The zero-order valence-electron chi connectivity index (χ0n) is 6.61. The first-order valence-electron chi connectivity index (χ1n) is 3.42. The van der Waals surface area contributed by atoms with E-state index in [4.69, 9.17) is 15.5 Å². The second-order valence-corrected chi connectivity index (χ2v) is 5.11. The fourth-order valence-electron chi connectivity index (χ4n) is 1.08. The van der Waals surface area contributed by atoms with Crippen LogP contribution < -0.4 is 0 Å². The van der Waals surface area contributed by atoms with Gasteiger partial charge in [-0.05, 0) is 6.42 Å². The van der Waals surface area contributed by atoms with Crippen LogP contribution in [0.5, 0.6) is 0 Å². The summed E-state index contributed by atoms with van der Waals surface area (Å²) in [5.74, 6) is 2.41. The first kappa shape index (κ1) is 8.80. The number of hydrogen-bond acceptors (Lipinski definition) is 3. The average molecular weight is 174 g/mol. The summed E-state index contributed by atoms with van der Waals surface area (Å²) in [6.45, 7) is 1.82. The van der Waals surface area contributed by atoms with Crippen LogP contribution in [0.15, 0.2) is 0 Å². The molecule has 0 aromatic heterocycles. The highest BCUT2D eigenvalue weighted by molar-refractivity contribution is 7.54. The van der Waals surface area contributed by atoms with Gasteiger partial charge in [-0.1, -0.05) is 12.8 Å². The SMILES string of the molecule is C#CC1CC(C)P(=O)(OC)O1. The van der Waals surface area contributed by atoms with Crippen molar-refractivity contribution in [1.29, 1.82) is 0 Å². The van der Waals surface area contributed by atoms with Gasteiger partial charge in [0.2, 0.25) is 0 Å². The molecule has 0 radical (unpaired) electrons. The van der Waals surface area contributed by atoms with E-state index in [2.05, 4.69) is 5.92 Å². The Hall–Kier alpha value is -0.290. The van der Waals surface area contributed by atoms with Gasteiger partial charge in [-0.25, -0.2) is 0 Å². The van der Waals surface area contributed by atoms with Crippen LogP contribution in [-0.4, -0.2) is 18.9 Å². The molecule has 0 spiro atoms. The van der Waals surface area contributed by atoms with Crippen molar-refractivity contribution in [3.63, 3.8) is 0 Å². The Morgan fingerprint density at radius 3 is 2.73 bits per heavy atom. The third-order valence-corrected chi connectivity index (χ3v) is 4.16. The highest BCUT2D eigenvalue weighted by Gasteiger charge is 2.42. The van der Waals surface area contributed by atoms with E-state index in [0.717, 1.165) is 0 Å². The minimum Gasteiger partial charge on any atom is -0.312 e. The molecule has 3 unspecified atom stereocenters. The summed E-state index contributed by atoms with van der Waals surface area (Å²) in [6, 6.07) is 0. The molecule has 0 N–H and O–H groups in total. The highest BCUT2D eigenvalue weighted by atomic mass is 31.2. The summed E-state index contributed by atoms with van der Waals surface area (Å²) in [5, 5.41) is 0. The summed E-state index contributed by atoms with van der Waals surface area (Å²) < 4.78 is 21.4. The van der Waals surface area contributed by atoms with E-state index in [1.54, 1.807) is 0 Å². The predicted octanol–water partition coefficient (Wildman–Crippen LogP) is 1.64. The minimum atomic E-state index is -2.86. The molecule has 62 valence electrons. The zero-order chi connectivity index (χ0) is 8.48.